The Morgan fingerprint density at radius 1 is 1.20 bits per heavy atom. The van der Waals surface area contributed by atoms with Crippen LogP contribution in [0.15, 0.2) is 47.1 Å². The number of urea groups is 1. The van der Waals surface area contributed by atoms with Crippen LogP contribution < -0.4 is 15.5 Å². The molecule has 0 saturated carbocycles. The molecule has 1 aromatic carbocycles. The number of rotatable bonds is 6. The van der Waals surface area contributed by atoms with Gasteiger partial charge in [0.2, 0.25) is 0 Å². The minimum atomic E-state index is -0.204. The molecule has 1 saturated heterocycles. The Bertz CT molecular complexity index is 678. The summed E-state index contributed by atoms with van der Waals surface area (Å²) in [5.74, 6) is 0.836. The van der Waals surface area contributed by atoms with Crippen LogP contribution in [0, 0.1) is 0 Å². The molecular weight excluding hydrogens is 316 g/mol. The second-order valence-corrected chi connectivity index (χ2v) is 6.54. The Morgan fingerprint density at radius 3 is 2.64 bits per heavy atom. The Balaban J connectivity index is 1.61. The van der Waals surface area contributed by atoms with E-state index in [1.807, 2.05) is 49.3 Å². The smallest absolute Gasteiger partial charge is 0.319 e. The molecule has 6 nitrogen and oxygen atoms in total. The lowest BCUT2D eigenvalue weighted by Gasteiger charge is -2.24. The van der Waals surface area contributed by atoms with E-state index in [0.29, 0.717) is 6.54 Å². The van der Waals surface area contributed by atoms with Crippen molar-refractivity contribution in [3.05, 3.63) is 48.4 Å². The fraction of sp³-hybridized carbons (Fsp3) is 0.421. The van der Waals surface area contributed by atoms with Crippen molar-refractivity contribution in [3.8, 4) is 0 Å². The number of furan rings is 1. The summed E-state index contributed by atoms with van der Waals surface area (Å²) in [7, 11) is 3.94. The number of amides is 2. The van der Waals surface area contributed by atoms with Gasteiger partial charge in [-0.3, -0.25) is 4.90 Å². The number of para-hydroxylation sites is 2. The van der Waals surface area contributed by atoms with Gasteiger partial charge in [0, 0.05) is 19.6 Å². The second-order valence-electron chi connectivity index (χ2n) is 6.54. The molecule has 3 rings (SSSR count). The molecule has 0 spiro atoms. The van der Waals surface area contributed by atoms with Crippen molar-refractivity contribution in [2.45, 2.75) is 18.9 Å². The van der Waals surface area contributed by atoms with E-state index < -0.39 is 0 Å². The van der Waals surface area contributed by atoms with E-state index in [0.717, 1.165) is 30.2 Å². The first-order valence-corrected chi connectivity index (χ1v) is 8.74. The van der Waals surface area contributed by atoms with Gasteiger partial charge in [0.05, 0.1) is 23.7 Å². The molecule has 1 fully saturated rings. The van der Waals surface area contributed by atoms with Gasteiger partial charge in [-0.1, -0.05) is 12.1 Å². The van der Waals surface area contributed by atoms with Crippen LogP contribution in [0.4, 0.5) is 16.2 Å². The zero-order valence-electron chi connectivity index (χ0n) is 14.9. The van der Waals surface area contributed by atoms with Gasteiger partial charge in [-0.25, -0.2) is 4.79 Å². The normalized spacial score (nSPS) is 15.4. The number of carbonyl (C=O) groups is 1. The maximum absolute atomic E-state index is 12.4. The monoisotopic (exact) mass is 342 g/mol. The summed E-state index contributed by atoms with van der Waals surface area (Å²) in [5, 5.41) is 5.93. The largest absolute Gasteiger partial charge is 0.468 e. The standard InChI is InChI=1S/C19H26N4O2/c1-22(2)17(18-10-7-13-25-18)14-20-19(24)21-15-8-3-4-9-16(15)23-11-5-6-12-23/h3-4,7-10,13,17H,5-6,11-12,14H2,1-2H3,(H2,20,21,24). The molecule has 2 amide bonds. The predicted molar refractivity (Wildman–Crippen MR) is 100 cm³/mol. The summed E-state index contributed by atoms with van der Waals surface area (Å²) in [6.45, 7) is 2.56. The third-order valence-electron chi connectivity index (χ3n) is 4.55. The van der Waals surface area contributed by atoms with Crippen LogP contribution in [0.1, 0.15) is 24.6 Å². The van der Waals surface area contributed by atoms with Crippen LogP contribution in [0.5, 0.6) is 0 Å². The van der Waals surface area contributed by atoms with Crippen molar-refractivity contribution >= 4 is 17.4 Å². The zero-order chi connectivity index (χ0) is 17.6. The van der Waals surface area contributed by atoms with Gasteiger partial charge in [0.1, 0.15) is 5.76 Å². The first-order chi connectivity index (χ1) is 12.1. The number of nitrogens with zero attached hydrogens (tertiary/aromatic N) is 2. The topological polar surface area (TPSA) is 60.8 Å². The molecule has 1 aliphatic rings. The molecule has 0 bridgehead atoms. The molecule has 0 aliphatic carbocycles. The minimum Gasteiger partial charge on any atom is -0.468 e. The first-order valence-electron chi connectivity index (χ1n) is 8.74. The highest BCUT2D eigenvalue weighted by molar-refractivity contribution is 5.93. The highest BCUT2D eigenvalue weighted by atomic mass is 16.3. The van der Waals surface area contributed by atoms with E-state index in [-0.39, 0.29) is 12.1 Å². The average molecular weight is 342 g/mol. The second kappa shape index (κ2) is 8.07. The Hall–Kier alpha value is -2.47. The lowest BCUT2D eigenvalue weighted by atomic mass is 10.2. The molecule has 1 aliphatic heterocycles. The number of nitrogens with one attached hydrogen (secondary N) is 2. The van der Waals surface area contributed by atoms with E-state index in [1.165, 1.54) is 12.8 Å². The molecule has 1 atom stereocenters. The van der Waals surface area contributed by atoms with Crippen LogP contribution >= 0.6 is 0 Å². The summed E-state index contributed by atoms with van der Waals surface area (Å²) in [4.78, 5) is 16.7. The van der Waals surface area contributed by atoms with E-state index in [9.17, 15) is 4.79 Å². The third-order valence-corrected chi connectivity index (χ3v) is 4.55. The van der Waals surface area contributed by atoms with Crippen molar-refractivity contribution in [3.63, 3.8) is 0 Å². The van der Waals surface area contributed by atoms with Gasteiger partial charge in [0.25, 0.3) is 0 Å². The van der Waals surface area contributed by atoms with Crippen LogP contribution in [0.2, 0.25) is 0 Å². The lowest BCUT2D eigenvalue weighted by Crippen LogP contribution is -2.37. The molecule has 134 valence electrons. The van der Waals surface area contributed by atoms with Gasteiger partial charge in [-0.2, -0.15) is 0 Å². The van der Waals surface area contributed by atoms with Crippen molar-refractivity contribution < 1.29 is 9.21 Å². The number of likely N-dealkylation sites (N-methyl/N-ethyl adjacent to an activating group) is 1. The molecule has 6 heteroatoms. The van der Waals surface area contributed by atoms with Gasteiger partial charge in [-0.05, 0) is 51.2 Å². The summed E-state index contributed by atoms with van der Waals surface area (Å²) in [6, 6.07) is 11.5. The fourth-order valence-corrected chi connectivity index (χ4v) is 3.19. The van der Waals surface area contributed by atoms with Crippen molar-refractivity contribution in [2.75, 3.05) is 43.9 Å². The van der Waals surface area contributed by atoms with Crippen LogP contribution in [-0.2, 0) is 0 Å². The number of benzene rings is 1. The molecule has 2 N–H and O–H groups in total. The molecule has 2 heterocycles. The lowest BCUT2D eigenvalue weighted by molar-refractivity contribution is 0.233. The predicted octanol–water partition coefficient (Wildman–Crippen LogP) is 3.30. The maximum Gasteiger partial charge on any atom is 0.319 e. The van der Waals surface area contributed by atoms with E-state index >= 15 is 0 Å². The molecule has 0 radical (unpaired) electrons. The highest BCUT2D eigenvalue weighted by Gasteiger charge is 2.19. The van der Waals surface area contributed by atoms with Gasteiger partial charge in [0.15, 0.2) is 0 Å². The molecular formula is C19H26N4O2. The molecule has 1 aromatic heterocycles. The zero-order valence-corrected chi connectivity index (χ0v) is 14.9. The average Bonchev–Trinajstić information content (AvgIpc) is 3.29. The summed E-state index contributed by atoms with van der Waals surface area (Å²) < 4.78 is 5.47. The molecule has 1 unspecified atom stereocenters. The van der Waals surface area contributed by atoms with Crippen LogP contribution in [0.3, 0.4) is 0 Å². The highest BCUT2D eigenvalue weighted by Crippen LogP contribution is 2.28. The summed E-state index contributed by atoms with van der Waals surface area (Å²) in [6.07, 6.45) is 4.06. The Kier molecular flexibility index (Phi) is 5.60. The summed E-state index contributed by atoms with van der Waals surface area (Å²) in [5.41, 5.74) is 1.94. The van der Waals surface area contributed by atoms with Gasteiger partial charge in [-0.15, -0.1) is 0 Å². The molecule has 2 aromatic rings. The van der Waals surface area contributed by atoms with Crippen molar-refractivity contribution in [2.24, 2.45) is 0 Å². The van der Waals surface area contributed by atoms with E-state index in [4.69, 9.17) is 4.42 Å². The first kappa shape index (κ1) is 17.4. The molecule has 25 heavy (non-hydrogen) atoms. The number of hydrogen-bond donors (Lipinski definition) is 2. The minimum absolute atomic E-state index is 0.00502. The van der Waals surface area contributed by atoms with Gasteiger partial charge >= 0.3 is 6.03 Å². The van der Waals surface area contributed by atoms with Crippen LogP contribution in [0.25, 0.3) is 0 Å². The summed E-state index contributed by atoms with van der Waals surface area (Å²) >= 11 is 0. The SMILES string of the molecule is CN(C)C(CNC(=O)Nc1ccccc1N1CCCC1)c1ccco1. The van der Waals surface area contributed by atoms with E-state index in [2.05, 4.69) is 21.6 Å². The Morgan fingerprint density at radius 2 is 1.96 bits per heavy atom. The number of hydrogen-bond acceptors (Lipinski definition) is 4. The van der Waals surface area contributed by atoms with Crippen LogP contribution in [-0.4, -0.2) is 44.7 Å². The van der Waals surface area contributed by atoms with Crippen molar-refractivity contribution in [1.29, 1.82) is 0 Å². The number of anilines is 2. The fourth-order valence-electron chi connectivity index (χ4n) is 3.19. The van der Waals surface area contributed by atoms with E-state index in [1.54, 1.807) is 6.26 Å². The van der Waals surface area contributed by atoms with Crippen molar-refractivity contribution in [1.82, 2.24) is 10.2 Å². The quantitative estimate of drug-likeness (QED) is 0.845. The third kappa shape index (κ3) is 4.33. The Labute approximate surface area is 148 Å². The maximum atomic E-state index is 12.4. The number of carbonyl (C=O) groups excluding carboxylic acids is 1. The van der Waals surface area contributed by atoms with Gasteiger partial charge < -0.3 is 20.0 Å².